The first-order valence-electron chi connectivity index (χ1n) is 12.5. The Hall–Kier alpha value is -3.58. The van der Waals surface area contributed by atoms with Gasteiger partial charge in [0.2, 0.25) is 0 Å². The smallest absolute Gasteiger partial charge is 0.333 e. The molecule has 1 aliphatic heterocycles. The number of anilines is 1. The molecule has 1 unspecified atom stereocenters. The van der Waals surface area contributed by atoms with Crippen LogP contribution in [0.5, 0.6) is 5.75 Å². The van der Waals surface area contributed by atoms with Crippen molar-refractivity contribution in [2.24, 2.45) is 7.05 Å². The zero-order chi connectivity index (χ0) is 25.5. The first-order valence-corrected chi connectivity index (χ1v) is 12.5. The maximum atomic E-state index is 12.4. The molecule has 0 saturated heterocycles. The van der Waals surface area contributed by atoms with Gasteiger partial charge in [0.05, 0.1) is 20.3 Å². The monoisotopic (exact) mass is 489 g/mol. The van der Waals surface area contributed by atoms with Crippen LogP contribution in [0.2, 0.25) is 0 Å². The van der Waals surface area contributed by atoms with Crippen LogP contribution in [0.1, 0.15) is 44.5 Å². The lowest BCUT2D eigenvalue weighted by molar-refractivity contribution is -0.136. The second-order valence-corrected chi connectivity index (χ2v) is 8.99. The standard InChI is InChI=1S/C29H35N3O4/c1-5-6-17-35-21(2)36-26-10-7-22(8-11-26)23-9-12-27-25(18-23)19-24(29(33)34-4)13-15-32(27)20-28-30-14-16-31(28)3/h7-12,14,16,18-19,21H,5-6,13,15,17,20H2,1-4H3. The van der Waals surface area contributed by atoms with Crippen LogP contribution in [0.3, 0.4) is 0 Å². The van der Waals surface area contributed by atoms with Crippen LogP contribution in [0.4, 0.5) is 5.69 Å². The number of methoxy groups -OCH3 is 1. The van der Waals surface area contributed by atoms with Crippen molar-refractivity contribution in [3.05, 3.63) is 71.8 Å². The average molecular weight is 490 g/mol. The molecule has 0 bridgehead atoms. The van der Waals surface area contributed by atoms with E-state index < -0.39 is 0 Å². The molecule has 0 N–H and O–H groups in total. The van der Waals surface area contributed by atoms with Crippen LogP contribution in [-0.2, 0) is 27.9 Å². The summed E-state index contributed by atoms with van der Waals surface area (Å²) in [6.07, 6.45) is 8.14. The highest BCUT2D eigenvalue weighted by atomic mass is 16.7. The number of imidazole rings is 1. The van der Waals surface area contributed by atoms with Crippen molar-refractivity contribution >= 4 is 17.7 Å². The molecule has 0 fully saturated rings. The van der Waals surface area contributed by atoms with Gasteiger partial charge >= 0.3 is 5.97 Å². The van der Waals surface area contributed by atoms with Crippen molar-refractivity contribution in [3.8, 4) is 16.9 Å². The minimum absolute atomic E-state index is 0.290. The van der Waals surface area contributed by atoms with Gasteiger partial charge in [-0.2, -0.15) is 0 Å². The predicted molar refractivity (Wildman–Crippen MR) is 142 cm³/mol. The van der Waals surface area contributed by atoms with E-state index in [-0.39, 0.29) is 12.3 Å². The number of rotatable bonds is 10. The van der Waals surface area contributed by atoms with Crippen molar-refractivity contribution in [1.29, 1.82) is 0 Å². The van der Waals surface area contributed by atoms with Crippen molar-refractivity contribution < 1.29 is 19.0 Å². The van der Waals surface area contributed by atoms with Crippen molar-refractivity contribution in [1.82, 2.24) is 9.55 Å². The summed E-state index contributed by atoms with van der Waals surface area (Å²) in [4.78, 5) is 19.2. The third kappa shape index (κ3) is 6.15. The first kappa shape index (κ1) is 25.5. The third-order valence-corrected chi connectivity index (χ3v) is 6.39. The normalized spacial score (nSPS) is 14.0. The van der Waals surface area contributed by atoms with Gasteiger partial charge in [0, 0.05) is 37.2 Å². The Morgan fingerprint density at radius 1 is 1.14 bits per heavy atom. The average Bonchev–Trinajstić information content (AvgIpc) is 3.20. The van der Waals surface area contributed by atoms with E-state index in [0.29, 0.717) is 31.7 Å². The molecule has 2 heterocycles. The fraction of sp³-hybridized carbons (Fsp3) is 0.379. The molecule has 1 atom stereocenters. The number of unbranched alkanes of at least 4 members (excludes halogenated alkanes) is 1. The largest absolute Gasteiger partial charge is 0.466 e. The summed E-state index contributed by atoms with van der Waals surface area (Å²) >= 11 is 0. The zero-order valence-corrected chi connectivity index (χ0v) is 21.6. The van der Waals surface area contributed by atoms with Crippen LogP contribution in [0, 0.1) is 0 Å². The Bertz CT molecular complexity index is 1200. The fourth-order valence-corrected chi connectivity index (χ4v) is 4.29. The van der Waals surface area contributed by atoms with E-state index in [4.69, 9.17) is 14.2 Å². The SMILES string of the molecule is CCCCOC(C)Oc1ccc(-c2ccc3c(c2)C=C(C(=O)OC)CCN3Cc2nccn2C)cc1. The molecule has 0 spiro atoms. The Morgan fingerprint density at radius 3 is 2.61 bits per heavy atom. The number of fused-ring (bicyclic) bond motifs is 1. The van der Waals surface area contributed by atoms with Gasteiger partial charge in [-0.25, -0.2) is 9.78 Å². The van der Waals surface area contributed by atoms with Crippen LogP contribution >= 0.6 is 0 Å². The molecule has 7 nitrogen and oxygen atoms in total. The lowest BCUT2D eigenvalue weighted by atomic mass is 10.00. The number of hydrogen-bond donors (Lipinski definition) is 0. The Morgan fingerprint density at radius 2 is 1.92 bits per heavy atom. The van der Waals surface area contributed by atoms with Gasteiger partial charge in [0.25, 0.3) is 0 Å². The summed E-state index contributed by atoms with van der Waals surface area (Å²) in [6.45, 7) is 6.11. The zero-order valence-electron chi connectivity index (χ0n) is 21.6. The fourth-order valence-electron chi connectivity index (χ4n) is 4.29. The summed E-state index contributed by atoms with van der Waals surface area (Å²) in [6, 6.07) is 14.4. The quantitative estimate of drug-likeness (QED) is 0.210. The first-order chi connectivity index (χ1) is 17.5. The van der Waals surface area contributed by atoms with Crippen LogP contribution in [0.15, 0.2) is 60.4 Å². The second-order valence-electron chi connectivity index (χ2n) is 8.99. The van der Waals surface area contributed by atoms with Crippen LogP contribution in [-0.4, -0.2) is 42.1 Å². The molecule has 7 heteroatoms. The van der Waals surface area contributed by atoms with Crippen molar-refractivity contribution in [3.63, 3.8) is 0 Å². The van der Waals surface area contributed by atoms with Gasteiger partial charge in [-0.3, -0.25) is 0 Å². The molecule has 0 saturated carbocycles. The number of carbonyl (C=O) groups is 1. The van der Waals surface area contributed by atoms with Crippen molar-refractivity contribution in [2.45, 2.75) is 45.9 Å². The molecule has 1 aromatic heterocycles. The molecule has 0 radical (unpaired) electrons. The van der Waals surface area contributed by atoms with Gasteiger partial charge in [0.1, 0.15) is 11.6 Å². The number of nitrogens with zero attached hydrogens (tertiary/aromatic N) is 3. The second kappa shape index (κ2) is 11.9. The summed E-state index contributed by atoms with van der Waals surface area (Å²) in [7, 11) is 3.42. The molecule has 36 heavy (non-hydrogen) atoms. The van der Waals surface area contributed by atoms with E-state index in [1.54, 1.807) is 6.20 Å². The molecule has 0 aliphatic carbocycles. The molecule has 190 valence electrons. The third-order valence-electron chi connectivity index (χ3n) is 6.39. The topological polar surface area (TPSA) is 65.8 Å². The maximum Gasteiger partial charge on any atom is 0.333 e. The minimum atomic E-state index is -0.290. The van der Waals surface area contributed by atoms with Gasteiger partial charge in [0.15, 0.2) is 6.29 Å². The Labute approximate surface area is 213 Å². The molecule has 2 aromatic carbocycles. The van der Waals surface area contributed by atoms with E-state index in [0.717, 1.165) is 46.8 Å². The van der Waals surface area contributed by atoms with E-state index in [1.165, 1.54) is 7.11 Å². The van der Waals surface area contributed by atoms with Gasteiger partial charge < -0.3 is 23.7 Å². The minimum Gasteiger partial charge on any atom is -0.466 e. The Balaban J connectivity index is 1.58. The van der Waals surface area contributed by atoms with E-state index in [2.05, 4.69) is 35.0 Å². The van der Waals surface area contributed by atoms with Crippen LogP contribution in [0.25, 0.3) is 17.2 Å². The van der Waals surface area contributed by atoms with Gasteiger partial charge in [-0.15, -0.1) is 0 Å². The number of hydrogen-bond acceptors (Lipinski definition) is 6. The maximum absolute atomic E-state index is 12.4. The number of esters is 1. The highest BCUT2D eigenvalue weighted by Crippen LogP contribution is 2.34. The summed E-state index contributed by atoms with van der Waals surface area (Å²) in [5.74, 6) is 1.45. The predicted octanol–water partition coefficient (Wildman–Crippen LogP) is 5.60. The highest BCUT2D eigenvalue weighted by Gasteiger charge is 2.21. The number of aryl methyl sites for hydroxylation is 1. The molecule has 4 rings (SSSR count). The number of aromatic nitrogens is 2. The lowest BCUT2D eigenvalue weighted by Crippen LogP contribution is -2.26. The number of carbonyl (C=O) groups excluding carboxylic acids is 1. The molecule has 3 aromatic rings. The van der Waals surface area contributed by atoms with Gasteiger partial charge in [-0.1, -0.05) is 31.5 Å². The summed E-state index contributed by atoms with van der Waals surface area (Å²) in [5.41, 5.74) is 4.85. The van der Waals surface area contributed by atoms with Crippen LogP contribution < -0.4 is 9.64 Å². The summed E-state index contributed by atoms with van der Waals surface area (Å²) < 4.78 is 18.6. The van der Waals surface area contributed by atoms with E-state index in [1.807, 2.05) is 55.1 Å². The number of ether oxygens (including phenoxy) is 3. The molecular weight excluding hydrogens is 454 g/mol. The molecular formula is C29H35N3O4. The van der Waals surface area contributed by atoms with Crippen molar-refractivity contribution in [2.75, 3.05) is 25.2 Å². The number of benzene rings is 2. The molecule has 0 amide bonds. The highest BCUT2D eigenvalue weighted by molar-refractivity contribution is 5.96. The van der Waals surface area contributed by atoms with Gasteiger partial charge in [-0.05, 0) is 66.8 Å². The lowest BCUT2D eigenvalue weighted by Gasteiger charge is -2.25. The summed E-state index contributed by atoms with van der Waals surface area (Å²) in [5, 5.41) is 0. The Kier molecular flexibility index (Phi) is 8.44. The molecule has 1 aliphatic rings. The van der Waals surface area contributed by atoms with E-state index in [9.17, 15) is 4.79 Å². The van der Waals surface area contributed by atoms with E-state index >= 15 is 0 Å².